The van der Waals surface area contributed by atoms with E-state index in [4.69, 9.17) is 0 Å². The summed E-state index contributed by atoms with van der Waals surface area (Å²) in [6.07, 6.45) is 10.1. The van der Waals surface area contributed by atoms with Crippen molar-refractivity contribution in [1.29, 1.82) is 0 Å². The number of unbranched alkanes of at least 4 members (excludes halogenated alkanes) is 8. The number of anilines is 1. The molecule has 0 bridgehead atoms. The van der Waals surface area contributed by atoms with E-state index in [2.05, 4.69) is 6.92 Å². The molecule has 0 saturated heterocycles. The highest BCUT2D eigenvalue weighted by molar-refractivity contribution is 5.90. The Labute approximate surface area is 143 Å². The summed E-state index contributed by atoms with van der Waals surface area (Å²) in [6.45, 7) is 2.19. The van der Waals surface area contributed by atoms with Gasteiger partial charge in [-0.1, -0.05) is 58.3 Å². The number of carbonyl (C=O) groups is 1. The molecule has 0 atom stereocenters. The van der Waals surface area contributed by atoms with E-state index in [0.29, 0.717) is 11.4 Å². The van der Waals surface area contributed by atoms with Crippen molar-refractivity contribution in [3.8, 4) is 0 Å². The topological polar surface area (TPSA) is 63.5 Å². The lowest BCUT2D eigenvalue weighted by molar-refractivity contribution is -0.484. The van der Waals surface area contributed by atoms with E-state index in [1.54, 1.807) is 0 Å². The lowest BCUT2D eigenvalue weighted by Crippen LogP contribution is -2.36. The highest BCUT2D eigenvalue weighted by atomic mass is 19.1. The first-order chi connectivity index (χ1) is 11.6. The fourth-order valence-electron chi connectivity index (χ4n) is 2.60. The molecular weight excluding hydrogens is 311 g/mol. The van der Waals surface area contributed by atoms with Crippen molar-refractivity contribution in [3.05, 3.63) is 40.2 Å². The predicted molar refractivity (Wildman–Crippen MR) is 92.7 cm³/mol. The fraction of sp³-hybridized carbons (Fsp3) is 0.611. The van der Waals surface area contributed by atoms with Crippen molar-refractivity contribution in [2.75, 3.05) is 5.01 Å². The molecule has 0 aromatic heterocycles. The van der Waals surface area contributed by atoms with Gasteiger partial charge in [-0.3, -0.25) is 4.79 Å². The van der Waals surface area contributed by atoms with Gasteiger partial charge in [-0.2, -0.15) is 0 Å². The molecular formula is C18H27FN2O3. The standard InChI is InChI=1S/C18H27FN2O3/c1-2-3-4-5-6-7-8-9-10-11-18(22)20(21(23)24)17-14-12-16(19)13-15-17/h12-15H,2-11H2,1H3. The molecule has 0 N–H and O–H groups in total. The highest BCUT2D eigenvalue weighted by Gasteiger charge is 2.25. The van der Waals surface area contributed by atoms with Gasteiger partial charge < -0.3 is 0 Å². The van der Waals surface area contributed by atoms with E-state index in [-0.39, 0.29) is 12.1 Å². The summed E-state index contributed by atoms with van der Waals surface area (Å²) in [4.78, 5) is 23.2. The molecule has 0 fully saturated rings. The van der Waals surface area contributed by atoms with Crippen molar-refractivity contribution in [1.82, 2.24) is 0 Å². The van der Waals surface area contributed by atoms with Gasteiger partial charge in [-0.15, -0.1) is 0 Å². The zero-order valence-electron chi connectivity index (χ0n) is 14.4. The van der Waals surface area contributed by atoms with Crippen molar-refractivity contribution < 1.29 is 14.2 Å². The summed E-state index contributed by atoms with van der Waals surface area (Å²) in [6, 6.07) is 4.70. The van der Waals surface area contributed by atoms with Crippen LogP contribution in [-0.2, 0) is 4.79 Å². The van der Waals surface area contributed by atoms with Crippen LogP contribution in [0.1, 0.15) is 71.1 Å². The molecule has 0 spiro atoms. The van der Waals surface area contributed by atoms with E-state index in [9.17, 15) is 19.3 Å². The fourth-order valence-corrected chi connectivity index (χ4v) is 2.60. The second kappa shape index (κ2) is 11.5. The molecule has 0 saturated carbocycles. The van der Waals surface area contributed by atoms with Crippen LogP contribution in [0.3, 0.4) is 0 Å². The van der Waals surface area contributed by atoms with Gasteiger partial charge in [-0.05, 0) is 35.7 Å². The van der Waals surface area contributed by atoms with Gasteiger partial charge in [0, 0.05) is 6.42 Å². The number of rotatable bonds is 12. The zero-order chi connectivity index (χ0) is 17.8. The van der Waals surface area contributed by atoms with Gasteiger partial charge in [-0.25, -0.2) is 14.5 Å². The number of halogens is 1. The minimum absolute atomic E-state index is 0.0855. The van der Waals surface area contributed by atoms with Crippen LogP contribution < -0.4 is 5.01 Å². The van der Waals surface area contributed by atoms with Crippen LogP contribution in [0.4, 0.5) is 10.1 Å². The monoisotopic (exact) mass is 338 g/mol. The number of nitro groups is 1. The maximum Gasteiger partial charge on any atom is 0.289 e. The molecule has 0 aliphatic heterocycles. The Bertz CT molecular complexity index is 505. The summed E-state index contributed by atoms with van der Waals surface area (Å²) in [5.41, 5.74) is 0.0855. The number of carbonyl (C=O) groups excluding carboxylic acids is 1. The van der Waals surface area contributed by atoms with E-state index in [1.807, 2.05) is 0 Å². The lowest BCUT2D eigenvalue weighted by Gasteiger charge is -2.12. The Balaban J connectivity index is 2.29. The number of amides is 1. The molecule has 1 aromatic rings. The van der Waals surface area contributed by atoms with Gasteiger partial charge in [0.2, 0.25) is 0 Å². The summed E-state index contributed by atoms with van der Waals surface area (Å²) in [5, 5.41) is 10.9. The summed E-state index contributed by atoms with van der Waals surface area (Å²) in [5.74, 6) is -1.05. The first kappa shape index (κ1) is 20.1. The van der Waals surface area contributed by atoms with E-state index < -0.39 is 16.8 Å². The summed E-state index contributed by atoms with van der Waals surface area (Å²) >= 11 is 0. The minimum Gasteiger partial charge on any atom is -0.268 e. The Morgan fingerprint density at radius 1 is 1.00 bits per heavy atom. The largest absolute Gasteiger partial charge is 0.289 e. The van der Waals surface area contributed by atoms with E-state index in [1.165, 1.54) is 44.2 Å². The number of hydrogen-bond acceptors (Lipinski definition) is 3. The smallest absolute Gasteiger partial charge is 0.268 e. The molecule has 1 rings (SSSR count). The summed E-state index contributed by atoms with van der Waals surface area (Å²) in [7, 11) is 0. The molecule has 134 valence electrons. The third-order valence-electron chi connectivity index (χ3n) is 3.96. The van der Waals surface area contributed by atoms with Crippen molar-refractivity contribution in [2.24, 2.45) is 0 Å². The average Bonchev–Trinajstić information content (AvgIpc) is 2.55. The van der Waals surface area contributed by atoms with Crippen molar-refractivity contribution >= 4 is 11.6 Å². The third-order valence-corrected chi connectivity index (χ3v) is 3.96. The maximum atomic E-state index is 12.9. The minimum atomic E-state index is -0.747. The molecule has 0 heterocycles. The SMILES string of the molecule is CCCCCCCCCCCC(=O)N(c1ccc(F)cc1)[N+](=O)[O-]. The molecule has 1 aromatic carbocycles. The number of benzene rings is 1. The second-order valence-corrected chi connectivity index (χ2v) is 6.00. The Morgan fingerprint density at radius 2 is 1.50 bits per heavy atom. The van der Waals surface area contributed by atoms with Crippen LogP contribution in [0.15, 0.2) is 24.3 Å². The van der Waals surface area contributed by atoms with Crippen molar-refractivity contribution in [3.63, 3.8) is 0 Å². The van der Waals surface area contributed by atoms with Crippen LogP contribution in [0.2, 0.25) is 0 Å². The Hall–Kier alpha value is -1.98. The van der Waals surface area contributed by atoms with Crippen LogP contribution in [0, 0.1) is 15.9 Å². The molecule has 5 nitrogen and oxygen atoms in total. The normalized spacial score (nSPS) is 10.6. The molecule has 0 aliphatic rings. The predicted octanol–water partition coefficient (Wildman–Crippen LogP) is 5.27. The van der Waals surface area contributed by atoms with Gasteiger partial charge >= 0.3 is 0 Å². The number of nitrogens with zero attached hydrogens (tertiary/aromatic N) is 2. The number of hydrazine groups is 1. The lowest BCUT2D eigenvalue weighted by atomic mass is 10.1. The summed E-state index contributed by atoms with van der Waals surface area (Å²) < 4.78 is 12.9. The zero-order valence-corrected chi connectivity index (χ0v) is 14.4. The van der Waals surface area contributed by atoms with Crippen LogP contribution >= 0.6 is 0 Å². The second-order valence-electron chi connectivity index (χ2n) is 6.00. The highest BCUT2D eigenvalue weighted by Crippen LogP contribution is 2.17. The van der Waals surface area contributed by atoms with E-state index >= 15 is 0 Å². The van der Waals surface area contributed by atoms with E-state index in [0.717, 1.165) is 31.4 Å². The van der Waals surface area contributed by atoms with Crippen LogP contribution in [-0.4, -0.2) is 10.9 Å². The van der Waals surface area contributed by atoms with Crippen molar-refractivity contribution in [2.45, 2.75) is 71.1 Å². The third kappa shape index (κ3) is 7.53. The van der Waals surface area contributed by atoms with Gasteiger partial charge in [0.25, 0.3) is 5.91 Å². The molecule has 24 heavy (non-hydrogen) atoms. The Kier molecular flexibility index (Phi) is 9.65. The first-order valence-electron chi connectivity index (χ1n) is 8.79. The first-order valence-corrected chi connectivity index (χ1v) is 8.79. The maximum absolute atomic E-state index is 12.9. The molecule has 1 amide bonds. The van der Waals surface area contributed by atoms with Crippen LogP contribution in [0.5, 0.6) is 0 Å². The molecule has 0 aliphatic carbocycles. The Morgan fingerprint density at radius 3 is 2.00 bits per heavy atom. The molecule has 0 unspecified atom stereocenters. The van der Waals surface area contributed by atoms with Crippen LogP contribution in [0.25, 0.3) is 0 Å². The number of hydrogen-bond donors (Lipinski definition) is 0. The molecule has 0 radical (unpaired) electrons. The van der Waals surface area contributed by atoms with Gasteiger partial charge in [0.1, 0.15) is 11.5 Å². The average molecular weight is 338 g/mol. The molecule has 6 heteroatoms. The van der Waals surface area contributed by atoms with Gasteiger partial charge in [0.05, 0.1) is 0 Å². The van der Waals surface area contributed by atoms with Gasteiger partial charge in [0.15, 0.2) is 5.03 Å². The quantitative estimate of drug-likeness (QED) is 0.296.